The summed E-state index contributed by atoms with van der Waals surface area (Å²) in [5, 5.41) is 14.7. The number of hydrogen-bond acceptors (Lipinski definition) is 4. The lowest BCUT2D eigenvalue weighted by Gasteiger charge is -2.19. The summed E-state index contributed by atoms with van der Waals surface area (Å²) in [4.78, 5) is 35.9. The number of alkyl carbamates (subject to hydrolysis) is 1. The van der Waals surface area contributed by atoms with Crippen molar-refractivity contribution in [3.8, 4) is 11.1 Å². The van der Waals surface area contributed by atoms with E-state index in [0.717, 1.165) is 24.0 Å². The lowest BCUT2D eigenvalue weighted by atomic mass is 9.98. The molecule has 2 atom stereocenters. The minimum absolute atomic E-state index is 0.00554. The summed E-state index contributed by atoms with van der Waals surface area (Å²) >= 11 is 0. The molecule has 1 fully saturated rings. The topological polar surface area (TPSA) is 105 Å². The van der Waals surface area contributed by atoms with Gasteiger partial charge in [-0.1, -0.05) is 55.5 Å². The van der Waals surface area contributed by atoms with Crippen molar-refractivity contribution in [2.24, 2.45) is 11.8 Å². The maximum atomic E-state index is 12.6. The number of benzene rings is 2. The fourth-order valence-electron chi connectivity index (χ4n) is 4.66. The average molecular weight is 465 g/mol. The van der Waals surface area contributed by atoms with E-state index >= 15 is 0 Å². The van der Waals surface area contributed by atoms with Crippen molar-refractivity contribution in [1.29, 1.82) is 0 Å². The molecular weight excluding hydrogens is 432 g/mol. The molecule has 0 heterocycles. The minimum Gasteiger partial charge on any atom is -0.481 e. The van der Waals surface area contributed by atoms with E-state index in [0.29, 0.717) is 25.3 Å². The summed E-state index contributed by atoms with van der Waals surface area (Å²) in [5.74, 6) is -1.11. The van der Waals surface area contributed by atoms with Gasteiger partial charge in [-0.25, -0.2) is 4.79 Å². The molecule has 7 nitrogen and oxygen atoms in total. The van der Waals surface area contributed by atoms with Gasteiger partial charge in [-0.15, -0.1) is 0 Å². The summed E-state index contributed by atoms with van der Waals surface area (Å²) in [6, 6.07) is 16.1. The van der Waals surface area contributed by atoms with Gasteiger partial charge in [-0.2, -0.15) is 0 Å². The minimum atomic E-state index is -0.826. The van der Waals surface area contributed by atoms with Crippen molar-refractivity contribution < 1.29 is 24.2 Å². The Kier molecular flexibility index (Phi) is 7.50. The van der Waals surface area contributed by atoms with Crippen LogP contribution in [0.15, 0.2) is 48.5 Å². The molecule has 2 aliphatic carbocycles. The molecule has 0 bridgehead atoms. The fraction of sp³-hybridized carbons (Fsp3) is 0.444. The van der Waals surface area contributed by atoms with Gasteiger partial charge in [0, 0.05) is 24.9 Å². The molecule has 7 heteroatoms. The molecule has 3 N–H and O–H groups in total. The number of carboxylic acids is 1. The lowest BCUT2D eigenvalue weighted by Crippen LogP contribution is -2.41. The molecule has 2 aliphatic rings. The second-order valence-electron chi connectivity index (χ2n) is 9.35. The molecule has 2 unspecified atom stereocenters. The van der Waals surface area contributed by atoms with E-state index in [2.05, 4.69) is 34.9 Å². The van der Waals surface area contributed by atoms with E-state index in [1.807, 2.05) is 24.3 Å². The van der Waals surface area contributed by atoms with E-state index in [9.17, 15) is 14.4 Å². The van der Waals surface area contributed by atoms with Gasteiger partial charge in [0.2, 0.25) is 5.91 Å². The van der Waals surface area contributed by atoms with Crippen LogP contribution < -0.4 is 10.6 Å². The molecule has 0 spiro atoms. The average Bonchev–Trinajstić information content (AvgIpc) is 3.63. The zero-order valence-electron chi connectivity index (χ0n) is 19.5. The third kappa shape index (κ3) is 5.76. The van der Waals surface area contributed by atoms with Gasteiger partial charge in [0.15, 0.2) is 0 Å². The molecule has 2 aromatic rings. The van der Waals surface area contributed by atoms with Gasteiger partial charge in [-0.05, 0) is 53.9 Å². The van der Waals surface area contributed by atoms with Crippen LogP contribution in [0.4, 0.5) is 4.79 Å². The van der Waals surface area contributed by atoms with E-state index in [4.69, 9.17) is 9.84 Å². The van der Waals surface area contributed by atoms with Crippen LogP contribution >= 0.6 is 0 Å². The SMILES string of the molecule is CC(CCCNC(=O)CC(NC(=O)OCC1c2ccccc2-c2ccccc21)C1CC1)C(=O)O. The van der Waals surface area contributed by atoms with Gasteiger partial charge >= 0.3 is 12.1 Å². The van der Waals surface area contributed by atoms with Gasteiger partial charge in [-0.3, -0.25) is 9.59 Å². The number of carbonyl (C=O) groups excluding carboxylic acids is 2. The fourth-order valence-corrected chi connectivity index (χ4v) is 4.66. The van der Waals surface area contributed by atoms with Gasteiger partial charge in [0.25, 0.3) is 0 Å². The number of aliphatic carboxylic acids is 1. The van der Waals surface area contributed by atoms with Crippen LogP contribution in [0.1, 0.15) is 56.1 Å². The van der Waals surface area contributed by atoms with Crippen molar-refractivity contribution in [3.63, 3.8) is 0 Å². The maximum Gasteiger partial charge on any atom is 0.407 e. The van der Waals surface area contributed by atoms with Gasteiger partial charge in [0.05, 0.1) is 5.92 Å². The van der Waals surface area contributed by atoms with Crippen LogP contribution in [0.5, 0.6) is 0 Å². The number of amides is 2. The Balaban J connectivity index is 1.26. The van der Waals surface area contributed by atoms with E-state index in [1.54, 1.807) is 6.92 Å². The molecule has 0 radical (unpaired) electrons. The zero-order chi connectivity index (χ0) is 24.1. The highest BCUT2D eigenvalue weighted by Gasteiger charge is 2.35. The van der Waals surface area contributed by atoms with Crippen molar-refractivity contribution >= 4 is 18.0 Å². The molecule has 1 saturated carbocycles. The van der Waals surface area contributed by atoms with Crippen molar-refractivity contribution in [2.75, 3.05) is 13.2 Å². The first-order valence-corrected chi connectivity index (χ1v) is 12.0. The van der Waals surface area contributed by atoms with Gasteiger partial charge in [0.1, 0.15) is 6.61 Å². The molecule has 0 saturated heterocycles. The van der Waals surface area contributed by atoms with Crippen LogP contribution in [0, 0.1) is 11.8 Å². The molecule has 0 aromatic heterocycles. The van der Waals surface area contributed by atoms with Crippen molar-refractivity contribution in [1.82, 2.24) is 10.6 Å². The Morgan fingerprint density at radius 1 is 1.03 bits per heavy atom. The first kappa shape index (κ1) is 23.8. The van der Waals surface area contributed by atoms with Crippen LogP contribution in [0.2, 0.25) is 0 Å². The predicted octanol–water partition coefficient (Wildman–Crippen LogP) is 4.31. The standard InChI is InChI=1S/C27H32N2O5/c1-17(26(31)32)7-6-14-28-25(30)15-24(18-12-13-18)29-27(33)34-16-23-21-10-4-2-8-19(21)20-9-3-5-11-22(20)23/h2-5,8-11,17-18,23-24H,6-7,12-16H2,1H3,(H,28,30)(H,29,33)(H,31,32). The van der Waals surface area contributed by atoms with Crippen LogP contribution in [-0.4, -0.2) is 42.3 Å². The van der Waals surface area contributed by atoms with E-state index < -0.39 is 18.0 Å². The maximum absolute atomic E-state index is 12.6. The quantitative estimate of drug-likeness (QED) is 0.430. The second-order valence-corrected chi connectivity index (χ2v) is 9.35. The smallest absolute Gasteiger partial charge is 0.407 e. The van der Waals surface area contributed by atoms with Crippen molar-refractivity contribution in [2.45, 2.75) is 51.0 Å². The predicted molar refractivity (Wildman–Crippen MR) is 128 cm³/mol. The molecule has 4 rings (SSSR count). The number of fused-ring (bicyclic) bond motifs is 3. The highest BCUT2D eigenvalue weighted by molar-refractivity contribution is 5.79. The summed E-state index contributed by atoms with van der Waals surface area (Å²) in [6.07, 6.45) is 2.79. The summed E-state index contributed by atoms with van der Waals surface area (Å²) in [6.45, 7) is 2.33. The largest absolute Gasteiger partial charge is 0.481 e. The van der Waals surface area contributed by atoms with E-state index in [1.165, 1.54) is 11.1 Å². The zero-order valence-corrected chi connectivity index (χ0v) is 19.5. The first-order chi connectivity index (χ1) is 16.4. The Labute approximate surface area is 199 Å². The number of ether oxygens (including phenoxy) is 1. The monoisotopic (exact) mass is 464 g/mol. The number of carbonyl (C=O) groups is 3. The third-order valence-electron chi connectivity index (χ3n) is 6.80. The number of nitrogens with one attached hydrogen (secondary N) is 2. The molecule has 0 aliphatic heterocycles. The summed E-state index contributed by atoms with van der Waals surface area (Å²) in [5.41, 5.74) is 4.67. The van der Waals surface area contributed by atoms with Gasteiger partial charge < -0.3 is 20.5 Å². The number of rotatable bonds is 11. The van der Waals surface area contributed by atoms with Crippen LogP contribution in [-0.2, 0) is 14.3 Å². The Hall–Kier alpha value is -3.35. The first-order valence-electron chi connectivity index (χ1n) is 12.0. The number of carboxylic acid groups (broad SMARTS) is 1. The Bertz CT molecular complexity index is 1000. The summed E-state index contributed by atoms with van der Waals surface area (Å²) < 4.78 is 5.64. The normalized spacial score (nSPS) is 16.1. The third-order valence-corrected chi connectivity index (χ3v) is 6.80. The van der Waals surface area contributed by atoms with E-state index in [-0.39, 0.29) is 30.9 Å². The molecule has 34 heavy (non-hydrogen) atoms. The van der Waals surface area contributed by atoms with Crippen LogP contribution in [0.25, 0.3) is 11.1 Å². The highest BCUT2D eigenvalue weighted by Crippen LogP contribution is 2.44. The van der Waals surface area contributed by atoms with Crippen LogP contribution in [0.3, 0.4) is 0 Å². The molecule has 2 amide bonds. The molecular formula is C27H32N2O5. The highest BCUT2D eigenvalue weighted by atomic mass is 16.5. The molecule has 2 aromatic carbocycles. The Morgan fingerprint density at radius 2 is 1.65 bits per heavy atom. The summed E-state index contributed by atoms with van der Waals surface area (Å²) in [7, 11) is 0. The molecule has 180 valence electrons. The lowest BCUT2D eigenvalue weighted by molar-refractivity contribution is -0.141. The number of hydrogen-bond donors (Lipinski definition) is 3. The van der Waals surface area contributed by atoms with Crippen molar-refractivity contribution in [3.05, 3.63) is 59.7 Å². The Morgan fingerprint density at radius 3 is 2.24 bits per heavy atom. The second kappa shape index (κ2) is 10.7.